The van der Waals surface area contributed by atoms with Gasteiger partial charge >= 0.3 is 13.2 Å². The molecule has 0 spiro atoms. The summed E-state index contributed by atoms with van der Waals surface area (Å²) in [6, 6.07) is 1.74. The maximum atomic E-state index is 12.1. The fourth-order valence-electron chi connectivity index (χ4n) is 2.63. The Morgan fingerprint density at radius 1 is 1.17 bits per heavy atom. The van der Waals surface area contributed by atoms with Gasteiger partial charge in [0.1, 0.15) is 5.60 Å². The number of aromatic nitrogens is 1. The van der Waals surface area contributed by atoms with Crippen molar-refractivity contribution >= 4 is 25.1 Å². The summed E-state index contributed by atoms with van der Waals surface area (Å²) in [6.45, 7) is 14.9. The maximum Gasteiger partial charge on any atom is 0.492 e. The Morgan fingerprint density at radius 2 is 1.76 bits per heavy atom. The number of carbonyl (C=O) groups excluding carboxylic acids is 2. The zero-order chi connectivity index (χ0) is 22.0. The number of Topliss-reactive ketones (excluding diaryl/α,β-unsaturated/α-hetero) is 1. The minimum atomic E-state index is -0.657. The van der Waals surface area contributed by atoms with E-state index in [9.17, 15) is 9.59 Å². The van der Waals surface area contributed by atoms with Crippen LogP contribution in [0.3, 0.4) is 0 Å². The summed E-state index contributed by atoms with van der Waals surface area (Å²) in [5.41, 5.74) is 0.264. The quantitative estimate of drug-likeness (QED) is 0.595. The van der Waals surface area contributed by atoms with Gasteiger partial charge in [-0.1, -0.05) is 6.08 Å². The van der Waals surface area contributed by atoms with E-state index >= 15 is 0 Å². The lowest BCUT2D eigenvalue weighted by Crippen LogP contribution is -2.41. The third kappa shape index (κ3) is 6.14. The monoisotopic (exact) mass is 402 g/mol. The number of nitrogens with one attached hydrogen (secondary N) is 1. The lowest BCUT2D eigenvalue weighted by molar-refractivity contribution is 0.00578. The summed E-state index contributed by atoms with van der Waals surface area (Å²) >= 11 is 0. The smallest absolute Gasteiger partial charge is 0.444 e. The van der Waals surface area contributed by atoms with Gasteiger partial charge < -0.3 is 19.4 Å². The van der Waals surface area contributed by atoms with Gasteiger partial charge in [-0.2, -0.15) is 0 Å². The van der Waals surface area contributed by atoms with Crippen LogP contribution in [0.4, 0.5) is 4.79 Å². The lowest BCUT2D eigenvalue weighted by Gasteiger charge is -2.32. The zero-order valence-corrected chi connectivity index (χ0v) is 18.6. The number of ether oxygens (including phenoxy) is 1. The molecule has 0 saturated carbocycles. The summed E-state index contributed by atoms with van der Waals surface area (Å²) in [6.07, 6.45) is 4.45. The van der Waals surface area contributed by atoms with Crippen LogP contribution < -0.4 is 5.32 Å². The fraction of sp³-hybridized carbons (Fsp3) is 0.571. The fourth-order valence-corrected chi connectivity index (χ4v) is 2.63. The van der Waals surface area contributed by atoms with Crippen molar-refractivity contribution in [3.63, 3.8) is 0 Å². The average molecular weight is 402 g/mol. The van der Waals surface area contributed by atoms with Crippen LogP contribution in [0.5, 0.6) is 0 Å². The van der Waals surface area contributed by atoms with Gasteiger partial charge in [-0.15, -0.1) is 0 Å². The van der Waals surface area contributed by atoms with Crippen molar-refractivity contribution in [2.24, 2.45) is 0 Å². The minimum Gasteiger partial charge on any atom is -0.444 e. The lowest BCUT2D eigenvalue weighted by atomic mass is 9.77. The van der Waals surface area contributed by atoms with Gasteiger partial charge in [0.15, 0.2) is 5.78 Å². The van der Waals surface area contributed by atoms with E-state index in [1.54, 1.807) is 33.0 Å². The van der Waals surface area contributed by atoms with Crippen molar-refractivity contribution in [3.8, 4) is 0 Å². The molecule has 2 heterocycles. The molecule has 0 radical (unpaired) electrons. The van der Waals surface area contributed by atoms with Crippen LogP contribution in [-0.2, 0) is 14.0 Å². The number of pyridine rings is 1. The normalized spacial score (nSPS) is 18.5. The Hall–Kier alpha value is -2.19. The van der Waals surface area contributed by atoms with Crippen molar-refractivity contribution < 1.29 is 23.6 Å². The van der Waals surface area contributed by atoms with E-state index in [4.69, 9.17) is 14.0 Å². The number of nitrogens with zero attached hydrogens (tertiary/aromatic N) is 1. The Balaban J connectivity index is 2.30. The Labute approximate surface area is 173 Å². The molecule has 0 bridgehead atoms. The highest BCUT2D eigenvalue weighted by Crippen LogP contribution is 2.38. The van der Waals surface area contributed by atoms with Crippen LogP contribution in [0.1, 0.15) is 71.3 Å². The third-order valence-electron chi connectivity index (χ3n) is 4.91. The standard InChI is InChI=1S/C21H31BN2O5/c1-14(25)16-9-15(11-23-12-16)10-17(13-24-18(26)27-19(2,3)4)22-28-20(5,6)21(7,8)29-22/h9-12H,13H2,1-8H3,(H,24,26). The number of amides is 1. The molecule has 8 heteroatoms. The predicted octanol–water partition coefficient (Wildman–Crippen LogP) is 3.82. The number of alkyl carbamates (subject to hydrolysis) is 1. The van der Waals surface area contributed by atoms with Crippen molar-refractivity contribution in [1.82, 2.24) is 10.3 Å². The molecular formula is C21H31BN2O5. The first-order chi connectivity index (χ1) is 13.2. The molecule has 158 valence electrons. The molecule has 1 saturated heterocycles. The van der Waals surface area contributed by atoms with E-state index in [0.717, 1.165) is 0 Å². The minimum absolute atomic E-state index is 0.0724. The number of hydrogen-bond donors (Lipinski definition) is 1. The van der Waals surface area contributed by atoms with Crippen LogP contribution >= 0.6 is 0 Å². The predicted molar refractivity (Wildman–Crippen MR) is 113 cm³/mol. The van der Waals surface area contributed by atoms with Crippen LogP contribution in [-0.4, -0.2) is 47.3 Å². The zero-order valence-electron chi connectivity index (χ0n) is 18.6. The number of hydrogen-bond acceptors (Lipinski definition) is 6. The summed E-state index contributed by atoms with van der Waals surface area (Å²) < 4.78 is 17.6. The number of carbonyl (C=O) groups is 2. The van der Waals surface area contributed by atoms with Gasteiger partial charge in [0, 0.05) is 24.5 Å². The molecule has 0 aliphatic carbocycles. The van der Waals surface area contributed by atoms with E-state index in [0.29, 0.717) is 16.6 Å². The highest BCUT2D eigenvalue weighted by molar-refractivity contribution is 6.56. The molecular weight excluding hydrogens is 371 g/mol. The van der Waals surface area contributed by atoms with Crippen LogP contribution in [0.15, 0.2) is 23.9 Å². The third-order valence-corrected chi connectivity index (χ3v) is 4.91. The second-order valence-corrected chi connectivity index (χ2v) is 9.23. The first-order valence-corrected chi connectivity index (χ1v) is 9.69. The van der Waals surface area contributed by atoms with Gasteiger partial charge in [-0.05, 0) is 72.5 Å². The Kier molecular flexibility index (Phi) is 6.60. The van der Waals surface area contributed by atoms with Gasteiger partial charge in [0.2, 0.25) is 0 Å². The van der Waals surface area contributed by atoms with Crippen LogP contribution in [0.25, 0.3) is 6.08 Å². The molecule has 29 heavy (non-hydrogen) atoms. The summed E-state index contributed by atoms with van der Waals surface area (Å²) in [7, 11) is -0.657. The van der Waals surface area contributed by atoms with Gasteiger partial charge in [-0.3, -0.25) is 9.78 Å². The molecule has 0 unspecified atom stereocenters. The van der Waals surface area contributed by atoms with Crippen LogP contribution in [0.2, 0.25) is 0 Å². The van der Waals surface area contributed by atoms with Crippen molar-refractivity contribution in [3.05, 3.63) is 35.1 Å². The second-order valence-electron chi connectivity index (χ2n) is 9.23. The summed E-state index contributed by atoms with van der Waals surface area (Å²) in [4.78, 5) is 27.9. The molecule has 0 atom stereocenters. The molecule has 1 fully saturated rings. The van der Waals surface area contributed by atoms with Gasteiger partial charge in [0.05, 0.1) is 11.2 Å². The van der Waals surface area contributed by atoms with Gasteiger partial charge in [0.25, 0.3) is 0 Å². The molecule has 2 rings (SSSR count). The largest absolute Gasteiger partial charge is 0.492 e. The maximum absolute atomic E-state index is 12.1. The molecule has 0 aromatic carbocycles. The highest BCUT2D eigenvalue weighted by atomic mass is 16.7. The molecule has 1 N–H and O–H groups in total. The molecule has 1 amide bonds. The topological polar surface area (TPSA) is 86.8 Å². The van der Waals surface area contributed by atoms with E-state index in [2.05, 4.69) is 10.3 Å². The second kappa shape index (κ2) is 8.28. The molecule has 1 aliphatic heterocycles. The molecule has 1 aliphatic rings. The first-order valence-electron chi connectivity index (χ1n) is 9.69. The summed E-state index contributed by atoms with van der Waals surface area (Å²) in [5, 5.41) is 2.75. The van der Waals surface area contributed by atoms with Gasteiger partial charge in [-0.25, -0.2) is 4.79 Å². The van der Waals surface area contributed by atoms with Crippen molar-refractivity contribution in [2.45, 2.75) is 72.2 Å². The summed E-state index contributed by atoms with van der Waals surface area (Å²) in [5.74, 6) is -0.0724. The first kappa shape index (κ1) is 23.1. The van der Waals surface area contributed by atoms with Crippen LogP contribution in [0, 0.1) is 0 Å². The van der Waals surface area contributed by atoms with E-state index in [1.165, 1.54) is 13.1 Å². The van der Waals surface area contributed by atoms with E-state index < -0.39 is 30.0 Å². The average Bonchev–Trinajstić information content (AvgIpc) is 2.77. The SMILES string of the molecule is CC(=O)c1cncc(C=C(CNC(=O)OC(C)(C)C)B2OC(C)(C)C(C)(C)O2)c1. The van der Waals surface area contributed by atoms with E-state index in [1.807, 2.05) is 33.8 Å². The molecule has 7 nitrogen and oxygen atoms in total. The van der Waals surface area contributed by atoms with E-state index in [-0.39, 0.29) is 12.3 Å². The molecule has 1 aromatic rings. The Morgan fingerprint density at radius 3 is 2.28 bits per heavy atom. The number of ketones is 1. The van der Waals surface area contributed by atoms with Crippen molar-refractivity contribution in [2.75, 3.05) is 6.54 Å². The van der Waals surface area contributed by atoms with Crippen molar-refractivity contribution in [1.29, 1.82) is 0 Å². The number of rotatable bonds is 5. The highest BCUT2D eigenvalue weighted by Gasteiger charge is 2.52. The Bertz CT molecular complexity index is 796. The molecule has 1 aromatic heterocycles.